The zero-order valence-corrected chi connectivity index (χ0v) is 14.3. The summed E-state index contributed by atoms with van der Waals surface area (Å²) in [7, 11) is 0. The van der Waals surface area contributed by atoms with Crippen molar-refractivity contribution in [2.75, 3.05) is 0 Å². The van der Waals surface area contributed by atoms with Gasteiger partial charge in [0.25, 0.3) is 11.6 Å². The van der Waals surface area contributed by atoms with Gasteiger partial charge in [0.05, 0.1) is 15.1 Å². The second-order valence-electron chi connectivity index (χ2n) is 5.48. The van der Waals surface area contributed by atoms with Crippen LogP contribution in [0.2, 0.25) is 0 Å². The molecular weight excluding hydrogens is 338 g/mol. The predicted octanol–water partition coefficient (Wildman–Crippen LogP) is 3.85. The number of hydrogen-bond donors (Lipinski definition) is 0. The van der Waals surface area contributed by atoms with E-state index in [0.29, 0.717) is 22.4 Å². The number of nitrogens with zero attached hydrogens (tertiary/aromatic N) is 3. The number of rotatable bonds is 4. The van der Waals surface area contributed by atoms with Crippen LogP contribution in [0.4, 0.5) is 5.69 Å². The van der Waals surface area contributed by atoms with Crippen LogP contribution in [0.3, 0.4) is 0 Å². The van der Waals surface area contributed by atoms with Crippen LogP contribution in [-0.4, -0.2) is 15.4 Å². The summed E-state index contributed by atoms with van der Waals surface area (Å²) in [5.74, 6) is -0.348. The van der Waals surface area contributed by atoms with Crippen molar-refractivity contribution < 1.29 is 9.72 Å². The van der Waals surface area contributed by atoms with Crippen molar-refractivity contribution in [3.63, 3.8) is 0 Å². The van der Waals surface area contributed by atoms with Gasteiger partial charge < -0.3 is 4.57 Å². The number of benzene rings is 2. The zero-order valence-electron chi connectivity index (χ0n) is 13.5. The van der Waals surface area contributed by atoms with Crippen molar-refractivity contribution in [3.8, 4) is 0 Å². The highest BCUT2D eigenvalue weighted by atomic mass is 32.1. The van der Waals surface area contributed by atoms with Crippen molar-refractivity contribution in [2.45, 2.75) is 13.5 Å². The van der Waals surface area contributed by atoms with Crippen molar-refractivity contribution in [2.24, 2.45) is 4.99 Å². The highest BCUT2D eigenvalue weighted by Gasteiger charge is 2.13. The minimum absolute atomic E-state index is 0.000441. The van der Waals surface area contributed by atoms with E-state index < -0.39 is 4.92 Å². The van der Waals surface area contributed by atoms with Gasteiger partial charge in [0.2, 0.25) is 0 Å². The SMILES string of the molecule is C=CCn1c(=NC(=O)c2ccc(C)cc2)sc2ccc([N+](=O)[O-])cc21. The molecule has 0 bridgehead atoms. The highest BCUT2D eigenvalue weighted by Crippen LogP contribution is 2.23. The second-order valence-corrected chi connectivity index (χ2v) is 6.49. The zero-order chi connectivity index (χ0) is 18.0. The molecule has 25 heavy (non-hydrogen) atoms. The molecule has 0 unspecified atom stereocenters. The normalized spacial score (nSPS) is 11.6. The molecule has 7 heteroatoms. The Balaban J connectivity index is 2.15. The fraction of sp³-hybridized carbons (Fsp3) is 0.111. The van der Waals surface area contributed by atoms with E-state index in [1.807, 2.05) is 19.1 Å². The molecule has 0 atom stereocenters. The molecule has 0 aliphatic rings. The molecule has 1 amide bonds. The summed E-state index contributed by atoms with van der Waals surface area (Å²) in [6.45, 7) is 6.06. The molecule has 3 rings (SSSR count). The molecule has 0 radical (unpaired) electrons. The fourth-order valence-corrected chi connectivity index (χ4v) is 3.43. The van der Waals surface area contributed by atoms with Gasteiger partial charge in [-0.1, -0.05) is 35.1 Å². The molecule has 0 N–H and O–H groups in total. The molecule has 6 nitrogen and oxygen atoms in total. The summed E-state index contributed by atoms with van der Waals surface area (Å²) in [5.41, 5.74) is 2.22. The van der Waals surface area contributed by atoms with E-state index in [-0.39, 0.29) is 11.6 Å². The molecule has 3 aromatic rings. The molecule has 0 fully saturated rings. The first-order valence-electron chi connectivity index (χ1n) is 7.54. The van der Waals surface area contributed by atoms with Crippen LogP contribution in [0, 0.1) is 17.0 Å². The van der Waals surface area contributed by atoms with Crippen LogP contribution in [-0.2, 0) is 6.54 Å². The quantitative estimate of drug-likeness (QED) is 0.406. The first-order chi connectivity index (χ1) is 12.0. The Kier molecular flexibility index (Phi) is 4.58. The molecule has 0 aliphatic heterocycles. The number of fused-ring (bicyclic) bond motifs is 1. The fourth-order valence-electron chi connectivity index (χ4n) is 2.41. The van der Waals surface area contributed by atoms with E-state index in [2.05, 4.69) is 11.6 Å². The van der Waals surface area contributed by atoms with Gasteiger partial charge >= 0.3 is 0 Å². The van der Waals surface area contributed by atoms with E-state index in [1.54, 1.807) is 28.8 Å². The molecule has 1 heterocycles. The first kappa shape index (κ1) is 16.8. The number of nitro benzene ring substituents is 1. The average Bonchev–Trinajstić information content (AvgIpc) is 2.92. The number of amides is 1. The van der Waals surface area contributed by atoms with E-state index >= 15 is 0 Å². The van der Waals surface area contributed by atoms with Gasteiger partial charge in [-0.05, 0) is 25.1 Å². The van der Waals surface area contributed by atoms with Gasteiger partial charge in [-0.15, -0.1) is 6.58 Å². The van der Waals surface area contributed by atoms with Crippen molar-refractivity contribution in [1.82, 2.24) is 4.57 Å². The summed E-state index contributed by atoms with van der Waals surface area (Å²) in [4.78, 5) is 27.7. The highest BCUT2D eigenvalue weighted by molar-refractivity contribution is 7.16. The van der Waals surface area contributed by atoms with Gasteiger partial charge in [0.1, 0.15) is 0 Å². The summed E-state index contributed by atoms with van der Waals surface area (Å²) in [6, 6.07) is 11.8. The number of hydrogen-bond acceptors (Lipinski definition) is 4. The van der Waals surface area contributed by atoms with Gasteiger partial charge in [-0.2, -0.15) is 4.99 Å². The lowest BCUT2D eigenvalue weighted by Crippen LogP contribution is -2.16. The van der Waals surface area contributed by atoms with Crippen molar-refractivity contribution in [3.05, 3.63) is 81.2 Å². The van der Waals surface area contributed by atoms with Gasteiger partial charge in [-0.3, -0.25) is 14.9 Å². The van der Waals surface area contributed by atoms with E-state index in [9.17, 15) is 14.9 Å². The molecular formula is C18H15N3O3S. The monoisotopic (exact) mass is 353 g/mol. The maximum atomic E-state index is 12.4. The first-order valence-corrected chi connectivity index (χ1v) is 8.35. The lowest BCUT2D eigenvalue weighted by atomic mass is 10.1. The summed E-state index contributed by atoms with van der Waals surface area (Å²) in [5, 5.41) is 11.0. The number of carbonyl (C=O) groups is 1. The lowest BCUT2D eigenvalue weighted by molar-refractivity contribution is -0.384. The molecule has 2 aromatic carbocycles. The van der Waals surface area contributed by atoms with E-state index in [0.717, 1.165) is 10.3 Å². The van der Waals surface area contributed by atoms with Gasteiger partial charge in [-0.25, -0.2) is 0 Å². The molecule has 0 saturated heterocycles. The number of aryl methyl sites for hydroxylation is 1. The van der Waals surface area contributed by atoms with Crippen LogP contribution < -0.4 is 4.80 Å². The van der Waals surface area contributed by atoms with Crippen LogP contribution in [0.15, 0.2) is 60.1 Å². The Hall–Kier alpha value is -3.06. The average molecular weight is 353 g/mol. The number of non-ortho nitro benzene ring substituents is 1. The number of thiazole rings is 1. The Morgan fingerprint density at radius 3 is 2.68 bits per heavy atom. The van der Waals surface area contributed by atoms with E-state index in [4.69, 9.17) is 0 Å². The summed E-state index contributed by atoms with van der Waals surface area (Å²) >= 11 is 1.32. The topological polar surface area (TPSA) is 77.5 Å². The minimum atomic E-state index is -0.441. The van der Waals surface area contributed by atoms with Gasteiger partial charge in [0, 0.05) is 24.2 Å². The smallest absolute Gasteiger partial charge is 0.279 e. The molecule has 0 spiro atoms. The maximum absolute atomic E-state index is 12.4. The number of nitro groups is 1. The Labute approximate surface area is 147 Å². The number of aromatic nitrogens is 1. The van der Waals surface area contributed by atoms with E-state index in [1.165, 1.54) is 23.5 Å². The Morgan fingerprint density at radius 1 is 1.32 bits per heavy atom. The second kappa shape index (κ2) is 6.82. The molecule has 1 aromatic heterocycles. The largest absolute Gasteiger partial charge is 0.312 e. The third-order valence-corrected chi connectivity index (χ3v) is 4.74. The summed E-state index contributed by atoms with van der Waals surface area (Å²) < 4.78 is 2.58. The predicted molar refractivity (Wildman–Crippen MR) is 97.7 cm³/mol. The van der Waals surface area contributed by atoms with Crippen LogP contribution in [0.5, 0.6) is 0 Å². The summed E-state index contributed by atoms with van der Waals surface area (Å²) in [6.07, 6.45) is 1.67. The minimum Gasteiger partial charge on any atom is -0.312 e. The number of allylic oxidation sites excluding steroid dienone is 1. The molecule has 0 aliphatic carbocycles. The Bertz CT molecular complexity index is 1050. The van der Waals surface area contributed by atoms with Crippen molar-refractivity contribution >= 4 is 33.1 Å². The van der Waals surface area contributed by atoms with Crippen LogP contribution in [0.1, 0.15) is 15.9 Å². The third-order valence-electron chi connectivity index (χ3n) is 3.68. The maximum Gasteiger partial charge on any atom is 0.279 e. The Morgan fingerprint density at radius 2 is 2.04 bits per heavy atom. The van der Waals surface area contributed by atoms with Crippen molar-refractivity contribution in [1.29, 1.82) is 0 Å². The third kappa shape index (κ3) is 3.41. The standard InChI is InChI=1S/C18H15N3O3S/c1-3-10-20-15-11-14(21(23)24)8-9-16(15)25-18(20)19-17(22)13-6-4-12(2)5-7-13/h3-9,11H,1,10H2,2H3. The number of carbonyl (C=O) groups excluding carboxylic acids is 1. The van der Waals surface area contributed by atoms with Crippen LogP contribution in [0.25, 0.3) is 10.2 Å². The van der Waals surface area contributed by atoms with Gasteiger partial charge in [0.15, 0.2) is 4.80 Å². The molecule has 126 valence electrons. The van der Waals surface area contributed by atoms with Crippen LogP contribution >= 0.6 is 11.3 Å². The lowest BCUT2D eigenvalue weighted by Gasteiger charge is -2.01. The molecule has 0 saturated carbocycles.